The number of alkyl halides is 3. The number of carbonyl (C=O) groups excluding carboxylic acids is 1. The Bertz CT molecular complexity index is 1060. The van der Waals surface area contributed by atoms with Gasteiger partial charge in [0, 0.05) is 37.6 Å². The molecular formula is C20H23ClF3N3O3S. The van der Waals surface area contributed by atoms with E-state index in [2.05, 4.69) is 4.98 Å². The van der Waals surface area contributed by atoms with Gasteiger partial charge in [-0.2, -0.15) is 17.5 Å². The van der Waals surface area contributed by atoms with Crippen molar-refractivity contribution >= 4 is 28.3 Å². The molecule has 0 radical (unpaired) electrons. The number of piperazine rings is 1. The molecule has 1 amide bonds. The predicted molar refractivity (Wildman–Crippen MR) is 112 cm³/mol. The van der Waals surface area contributed by atoms with Crippen molar-refractivity contribution in [3.8, 4) is 0 Å². The molecule has 0 unspecified atom stereocenters. The Kier molecular flexibility index (Phi) is 7.39. The molecule has 2 aromatic rings. The van der Waals surface area contributed by atoms with E-state index >= 15 is 0 Å². The minimum absolute atomic E-state index is 0. The quantitative estimate of drug-likeness (QED) is 0.676. The lowest BCUT2D eigenvalue weighted by Gasteiger charge is -2.39. The highest BCUT2D eigenvalue weighted by Crippen LogP contribution is 2.32. The van der Waals surface area contributed by atoms with Gasteiger partial charge in [-0.25, -0.2) is 8.42 Å². The van der Waals surface area contributed by atoms with Gasteiger partial charge in [0.1, 0.15) is 0 Å². The first-order valence-corrected chi connectivity index (χ1v) is 10.8. The first-order chi connectivity index (χ1) is 13.9. The van der Waals surface area contributed by atoms with Crippen LogP contribution < -0.4 is 0 Å². The summed E-state index contributed by atoms with van der Waals surface area (Å²) >= 11 is 0. The molecule has 11 heteroatoms. The number of nitrogens with zero attached hydrogens (tertiary/aromatic N) is 3. The van der Waals surface area contributed by atoms with Crippen LogP contribution in [0.25, 0.3) is 0 Å². The summed E-state index contributed by atoms with van der Waals surface area (Å²) in [6.45, 7) is 5.17. The Labute approximate surface area is 185 Å². The van der Waals surface area contributed by atoms with Gasteiger partial charge in [-0.15, -0.1) is 12.4 Å². The maximum Gasteiger partial charge on any atom is 0.416 e. The second kappa shape index (κ2) is 9.13. The third-order valence-corrected chi connectivity index (χ3v) is 7.15. The maximum absolute atomic E-state index is 13.0. The van der Waals surface area contributed by atoms with Crippen LogP contribution in [0.4, 0.5) is 13.2 Å². The molecule has 3 rings (SSSR count). The predicted octanol–water partition coefficient (Wildman–Crippen LogP) is 3.67. The fourth-order valence-electron chi connectivity index (χ4n) is 3.46. The average molecular weight is 478 g/mol. The van der Waals surface area contributed by atoms with E-state index in [1.807, 2.05) is 6.92 Å². The van der Waals surface area contributed by atoms with Crippen molar-refractivity contribution in [2.75, 3.05) is 19.6 Å². The van der Waals surface area contributed by atoms with Crippen LogP contribution in [0.15, 0.2) is 41.4 Å². The molecule has 1 fully saturated rings. The number of hydrogen-bond donors (Lipinski definition) is 0. The van der Waals surface area contributed by atoms with Crippen LogP contribution in [-0.2, 0) is 16.2 Å². The van der Waals surface area contributed by atoms with E-state index in [4.69, 9.17) is 0 Å². The number of rotatable bonds is 3. The van der Waals surface area contributed by atoms with Crippen LogP contribution in [0.1, 0.15) is 34.1 Å². The van der Waals surface area contributed by atoms with Crippen molar-refractivity contribution in [1.82, 2.24) is 14.2 Å². The molecule has 0 saturated carbocycles. The van der Waals surface area contributed by atoms with E-state index in [0.29, 0.717) is 5.56 Å². The van der Waals surface area contributed by atoms with E-state index in [-0.39, 0.29) is 48.4 Å². The van der Waals surface area contributed by atoms with Gasteiger partial charge >= 0.3 is 6.18 Å². The standard InChI is InChI=1S/C20H22F3N3O3S.ClH/c1-13-10-17(20(21,22)23)6-7-18(13)30(28,29)25-8-9-26(15(3)12-25)19(27)16-5-4-14(2)24-11-16;/h4-7,10-11,15H,8-9,12H2,1-3H3;1H/t15-;/m0./s1. The lowest BCUT2D eigenvalue weighted by atomic mass is 10.1. The van der Waals surface area contributed by atoms with E-state index in [1.54, 1.807) is 24.0 Å². The summed E-state index contributed by atoms with van der Waals surface area (Å²) in [5.74, 6) is -0.238. The van der Waals surface area contributed by atoms with Gasteiger partial charge in [0.15, 0.2) is 0 Å². The molecule has 1 aromatic carbocycles. The van der Waals surface area contributed by atoms with E-state index in [9.17, 15) is 26.4 Å². The number of hydrogen-bond acceptors (Lipinski definition) is 4. The first-order valence-electron chi connectivity index (χ1n) is 9.33. The van der Waals surface area contributed by atoms with Crippen LogP contribution in [0.5, 0.6) is 0 Å². The number of halogens is 4. The van der Waals surface area contributed by atoms with Gasteiger partial charge in [-0.05, 0) is 56.7 Å². The van der Waals surface area contributed by atoms with Crippen LogP contribution in [0.2, 0.25) is 0 Å². The number of aryl methyl sites for hydroxylation is 2. The number of pyridine rings is 1. The van der Waals surface area contributed by atoms with E-state index in [0.717, 1.165) is 23.9 Å². The molecule has 0 aliphatic carbocycles. The van der Waals surface area contributed by atoms with Crippen LogP contribution in [-0.4, -0.2) is 54.2 Å². The van der Waals surface area contributed by atoms with Crippen molar-refractivity contribution in [3.05, 3.63) is 58.9 Å². The lowest BCUT2D eigenvalue weighted by molar-refractivity contribution is -0.137. The zero-order chi connectivity index (χ0) is 22.3. The Morgan fingerprint density at radius 1 is 1.13 bits per heavy atom. The summed E-state index contributed by atoms with van der Waals surface area (Å²) in [5, 5.41) is 0. The van der Waals surface area contributed by atoms with Gasteiger partial charge in [-0.3, -0.25) is 9.78 Å². The zero-order valence-electron chi connectivity index (χ0n) is 17.2. The minimum Gasteiger partial charge on any atom is -0.333 e. The van der Waals surface area contributed by atoms with Gasteiger partial charge < -0.3 is 4.90 Å². The summed E-state index contributed by atoms with van der Waals surface area (Å²) in [6, 6.07) is 5.59. The number of benzene rings is 1. The zero-order valence-corrected chi connectivity index (χ0v) is 18.8. The second-order valence-corrected chi connectivity index (χ2v) is 9.28. The minimum atomic E-state index is -4.54. The molecule has 1 aliphatic rings. The van der Waals surface area contributed by atoms with Crippen LogP contribution in [0.3, 0.4) is 0 Å². The van der Waals surface area contributed by atoms with Gasteiger partial charge in [0.2, 0.25) is 10.0 Å². The highest BCUT2D eigenvalue weighted by atomic mass is 35.5. The molecule has 1 aliphatic heterocycles. The smallest absolute Gasteiger partial charge is 0.333 e. The summed E-state index contributed by atoms with van der Waals surface area (Å²) in [6.07, 6.45) is -3.06. The molecule has 1 atom stereocenters. The fourth-order valence-corrected chi connectivity index (χ4v) is 5.18. The highest BCUT2D eigenvalue weighted by Gasteiger charge is 2.36. The number of carbonyl (C=O) groups is 1. The second-order valence-electron chi connectivity index (χ2n) is 7.38. The van der Waals surface area contributed by atoms with Crippen LogP contribution in [0, 0.1) is 13.8 Å². The Morgan fingerprint density at radius 2 is 1.81 bits per heavy atom. The van der Waals surface area contributed by atoms with Crippen molar-refractivity contribution in [2.45, 2.75) is 37.9 Å². The van der Waals surface area contributed by atoms with Gasteiger partial charge in [-0.1, -0.05) is 0 Å². The third kappa shape index (κ3) is 5.19. The first kappa shape index (κ1) is 25.1. The average Bonchev–Trinajstić information content (AvgIpc) is 2.67. The topological polar surface area (TPSA) is 70.6 Å². The molecule has 31 heavy (non-hydrogen) atoms. The molecule has 0 N–H and O–H groups in total. The number of aromatic nitrogens is 1. The molecule has 1 saturated heterocycles. The Balaban J connectivity index is 0.00000341. The summed E-state index contributed by atoms with van der Waals surface area (Å²) in [7, 11) is -3.99. The molecule has 2 heterocycles. The lowest BCUT2D eigenvalue weighted by Crippen LogP contribution is -2.55. The molecule has 0 bridgehead atoms. The number of amides is 1. The van der Waals surface area contributed by atoms with Gasteiger partial charge in [0.05, 0.1) is 16.0 Å². The third-order valence-electron chi connectivity index (χ3n) is 5.13. The number of sulfonamides is 1. The molecule has 170 valence electrons. The largest absolute Gasteiger partial charge is 0.416 e. The summed E-state index contributed by atoms with van der Waals surface area (Å²) in [4.78, 5) is 18.3. The van der Waals surface area contributed by atoms with Crippen molar-refractivity contribution in [2.24, 2.45) is 0 Å². The molecule has 6 nitrogen and oxygen atoms in total. The summed E-state index contributed by atoms with van der Waals surface area (Å²) in [5.41, 5.74) is 0.334. The maximum atomic E-state index is 13.0. The SMILES string of the molecule is Cc1ccc(C(=O)N2CCN(S(=O)(=O)c3ccc(C(F)(F)F)cc3C)C[C@@H]2C)cn1.Cl. The monoisotopic (exact) mass is 477 g/mol. The normalized spacial score (nSPS) is 17.9. The Hall–Kier alpha value is -2.17. The van der Waals surface area contributed by atoms with E-state index in [1.165, 1.54) is 17.4 Å². The fraction of sp³-hybridized carbons (Fsp3) is 0.400. The van der Waals surface area contributed by atoms with Gasteiger partial charge in [0.25, 0.3) is 5.91 Å². The molecule has 1 aromatic heterocycles. The molecule has 0 spiro atoms. The highest BCUT2D eigenvalue weighted by molar-refractivity contribution is 7.89. The Morgan fingerprint density at radius 3 is 2.32 bits per heavy atom. The van der Waals surface area contributed by atoms with E-state index < -0.39 is 27.8 Å². The van der Waals surface area contributed by atoms with Crippen molar-refractivity contribution in [3.63, 3.8) is 0 Å². The van der Waals surface area contributed by atoms with Crippen LogP contribution >= 0.6 is 12.4 Å². The van der Waals surface area contributed by atoms with Crippen molar-refractivity contribution in [1.29, 1.82) is 0 Å². The molecular weight excluding hydrogens is 455 g/mol. The van der Waals surface area contributed by atoms with Crippen molar-refractivity contribution < 1.29 is 26.4 Å². The summed E-state index contributed by atoms with van der Waals surface area (Å²) < 4.78 is 65.9.